The summed E-state index contributed by atoms with van der Waals surface area (Å²) in [6.07, 6.45) is 6.13. The van der Waals surface area contributed by atoms with Crippen molar-refractivity contribution in [2.24, 2.45) is 0 Å². The Morgan fingerprint density at radius 2 is 1.97 bits per heavy atom. The average Bonchev–Trinajstić information content (AvgIpc) is 3.23. The third-order valence-corrected chi connectivity index (χ3v) is 7.91. The molecule has 164 valence electrons. The number of carbonyl (C=O) groups is 1. The number of rotatable bonds is 5. The van der Waals surface area contributed by atoms with E-state index in [2.05, 4.69) is 43.9 Å². The van der Waals surface area contributed by atoms with Gasteiger partial charge in [0.15, 0.2) is 5.82 Å². The molecular formula is C23H24N6OS2. The first-order valence-electron chi connectivity index (χ1n) is 10.8. The molecule has 1 aliphatic heterocycles. The van der Waals surface area contributed by atoms with E-state index in [9.17, 15) is 4.79 Å². The lowest BCUT2D eigenvalue weighted by Gasteiger charge is -2.09. The van der Waals surface area contributed by atoms with E-state index in [1.165, 1.54) is 35.0 Å². The number of anilines is 1. The fraction of sp³-hybridized carbons (Fsp3) is 0.348. The molecule has 0 fully saturated rings. The van der Waals surface area contributed by atoms with Crippen LogP contribution in [0.4, 0.5) is 5.69 Å². The van der Waals surface area contributed by atoms with Crippen LogP contribution in [-0.4, -0.2) is 36.4 Å². The Bertz CT molecular complexity index is 1280. The van der Waals surface area contributed by atoms with Crippen molar-refractivity contribution in [1.29, 1.82) is 0 Å². The second-order valence-electron chi connectivity index (χ2n) is 7.96. The van der Waals surface area contributed by atoms with Crippen molar-refractivity contribution in [2.45, 2.75) is 51.1 Å². The topological polar surface area (TPSA) is 85.6 Å². The summed E-state index contributed by atoms with van der Waals surface area (Å²) >= 11 is 3.11. The first-order chi connectivity index (χ1) is 15.6. The van der Waals surface area contributed by atoms with Gasteiger partial charge in [0.1, 0.15) is 22.0 Å². The van der Waals surface area contributed by atoms with Gasteiger partial charge in [0.2, 0.25) is 5.91 Å². The van der Waals surface area contributed by atoms with Crippen LogP contribution in [0.15, 0.2) is 35.6 Å². The van der Waals surface area contributed by atoms with Gasteiger partial charge in [0.05, 0.1) is 5.75 Å². The summed E-state index contributed by atoms with van der Waals surface area (Å²) in [5.74, 6) is 2.21. The molecule has 0 atom stereocenters. The maximum Gasteiger partial charge on any atom is 0.234 e. The van der Waals surface area contributed by atoms with Gasteiger partial charge in [-0.05, 0) is 56.5 Å². The maximum atomic E-state index is 12.6. The molecule has 0 aliphatic carbocycles. The normalized spacial score (nSPS) is 13.7. The first kappa shape index (κ1) is 21.1. The third-order valence-electron chi connectivity index (χ3n) is 5.81. The van der Waals surface area contributed by atoms with Crippen molar-refractivity contribution in [3.8, 4) is 11.4 Å². The van der Waals surface area contributed by atoms with Crippen LogP contribution in [-0.2, 0) is 17.8 Å². The number of thiophene rings is 1. The Morgan fingerprint density at radius 3 is 2.81 bits per heavy atom. The first-order valence-corrected chi connectivity index (χ1v) is 12.6. The highest BCUT2D eigenvalue weighted by atomic mass is 32.2. The minimum Gasteiger partial charge on any atom is -0.325 e. The maximum absolute atomic E-state index is 12.6. The van der Waals surface area contributed by atoms with Crippen LogP contribution in [0.25, 0.3) is 21.6 Å². The highest BCUT2D eigenvalue weighted by molar-refractivity contribution is 8.00. The molecule has 32 heavy (non-hydrogen) atoms. The molecule has 9 heteroatoms. The zero-order valence-corrected chi connectivity index (χ0v) is 19.7. The number of thioether (sulfide) groups is 1. The molecule has 1 amide bonds. The van der Waals surface area contributed by atoms with Gasteiger partial charge in [0.25, 0.3) is 0 Å². The average molecular weight is 465 g/mol. The molecule has 0 unspecified atom stereocenters. The van der Waals surface area contributed by atoms with Crippen molar-refractivity contribution in [3.63, 3.8) is 0 Å². The zero-order chi connectivity index (χ0) is 22.1. The Morgan fingerprint density at radius 1 is 1.12 bits per heavy atom. The Balaban J connectivity index is 1.25. The standard InChI is InChI=1S/C23H24N6OS2/c1-14-15(2)32-23-20(14)22(24-13-25-23)31-12-19(30)26-17-9-7-16(8-10-17)21-28-27-18-6-4-3-5-11-29(18)21/h7-10,13H,3-6,11-12H2,1-2H3,(H,26,30). The summed E-state index contributed by atoms with van der Waals surface area (Å²) in [5, 5.41) is 13.7. The lowest BCUT2D eigenvalue weighted by atomic mass is 10.2. The van der Waals surface area contributed by atoms with Gasteiger partial charge in [-0.2, -0.15) is 0 Å². The van der Waals surface area contributed by atoms with E-state index in [4.69, 9.17) is 0 Å². The Kier molecular flexibility index (Phi) is 5.93. The number of aryl methyl sites for hydroxylation is 3. The van der Waals surface area contributed by atoms with Crippen LogP contribution < -0.4 is 5.32 Å². The van der Waals surface area contributed by atoms with Crippen molar-refractivity contribution >= 4 is 44.9 Å². The Hall–Kier alpha value is -2.78. The van der Waals surface area contributed by atoms with Gasteiger partial charge in [-0.25, -0.2) is 9.97 Å². The van der Waals surface area contributed by atoms with Crippen molar-refractivity contribution < 1.29 is 4.79 Å². The van der Waals surface area contributed by atoms with E-state index in [1.807, 2.05) is 24.3 Å². The van der Waals surface area contributed by atoms with Crippen molar-refractivity contribution in [3.05, 3.63) is 46.9 Å². The highest BCUT2D eigenvalue weighted by Crippen LogP contribution is 2.34. The Labute approximate surface area is 194 Å². The van der Waals surface area contributed by atoms with Gasteiger partial charge in [-0.15, -0.1) is 21.5 Å². The molecule has 4 heterocycles. The van der Waals surface area contributed by atoms with Crippen LogP contribution >= 0.6 is 23.1 Å². The van der Waals surface area contributed by atoms with Crippen molar-refractivity contribution in [2.75, 3.05) is 11.1 Å². The molecule has 1 aliphatic rings. The van der Waals surface area contributed by atoms with Gasteiger partial charge in [-0.3, -0.25) is 4.79 Å². The molecule has 1 N–H and O–H groups in total. The lowest BCUT2D eigenvalue weighted by molar-refractivity contribution is -0.113. The monoisotopic (exact) mass is 464 g/mol. The molecule has 0 bridgehead atoms. The second kappa shape index (κ2) is 8.99. The third kappa shape index (κ3) is 4.14. The zero-order valence-electron chi connectivity index (χ0n) is 18.1. The van der Waals surface area contributed by atoms with Crippen LogP contribution in [0.5, 0.6) is 0 Å². The molecule has 0 saturated heterocycles. The molecule has 3 aromatic heterocycles. The number of carbonyl (C=O) groups excluding carboxylic acids is 1. The van der Waals surface area contributed by atoms with Gasteiger partial charge < -0.3 is 9.88 Å². The lowest BCUT2D eigenvalue weighted by Crippen LogP contribution is -2.14. The second-order valence-corrected chi connectivity index (χ2v) is 10.1. The fourth-order valence-electron chi connectivity index (χ4n) is 3.99. The number of amides is 1. The number of aromatic nitrogens is 5. The molecule has 1 aromatic carbocycles. The van der Waals surface area contributed by atoms with Crippen LogP contribution in [0.2, 0.25) is 0 Å². The number of hydrogen-bond acceptors (Lipinski definition) is 7. The highest BCUT2D eigenvalue weighted by Gasteiger charge is 2.17. The summed E-state index contributed by atoms with van der Waals surface area (Å²) in [4.78, 5) is 23.5. The number of nitrogens with zero attached hydrogens (tertiary/aromatic N) is 5. The molecule has 0 radical (unpaired) electrons. The number of benzene rings is 1. The van der Waals surface area contributed by atoms with E-state index in [-0.39, 0.29) is 5.91 Å². The van der Waals surface area contributed by atoms with Crippen LogP contribution in [0.3, 0.4) is 0 Å². The SMILES string of the molecule is Cc1sc2ncnc(SCC(=O)Nc3ccc(-c4nnc5n4CCCCC5)cc3)c2c1C. The predicted molar refractivity (Wildman–Crippen MR) is 129 cm³/mol. The van der Waals surface area contributed by atoms with Gasteiger partial charge in [0, 0.05) is 34.5 Å². The van der Waals surface area contributed by atoms with E-state index in [0.29, 0.717) is 5.75 Å². The van der Waals surface area contributed by atoms with E-state index in [0.717, 1.165) is 57.5 Å². The molecule has 0 saturated carbocycles. The van der Waals surface area contributed by atoms with E-state index in [1.54, 1.807) is 17.7 Å². The minimum atomic E-state index is -0.0598. The van der Waals surface area contributed by atoms with Gasteiger partial charge in [-0.1, -0.05) is 18.2 Å². The van der Waals surface area contributed by atoms with Crippen molar-refractivity contribution in [1.82, 2.24) is 24.7 Å². The smallest absolute Gasteiger partial charge is 0.234 e. The van der Waals surface area contributed by atoms with Crippen LogP contribution in [0.1, 0.15) is 35.5 Å². The van der Waals surface area contributed by atoms with E-state index >= 15 is 0 Å². The molecule has 5 rings (SSSR count). The predicted octanol–water partition coefficient (Wildman–Crippen LogP) is 5.02. The number of hydrogen-bond donors (Lipinski definition) is 1. The van der Waals surface area contributed by atoms with Gasteiger partial charge >= 0.3 is 0 Å². The summed E-state index contributed by atoms with van der Waals surface area (Å²) in [5.41, 5.74) is 2.98. The summed E-state index contributed by atoms with van der Waals surface area (Å²) in [7, 11) is 0. The molecular weight excluding hydrogens is 440 g/mol. The summed E-state index contributed by atoms with van der Waals surface area (Å²) in [6, 6.07) is 7.84. The summed E-state index contributed by atoms with van der Waals surface area (Å²) < 4.78 is 2.23. The quantitative estimate of drug-likeness (QED) is 0.330. The number of nitrogens with one attached hydrogen (secondary N) is 1. The number of fused-ring (bicyclic) bond motifs is 2. The minimum absolute atomic E-state index is 0.0598. The fourth-order valence-corrected chi connectivity index (χ4v) is 5.91. The largest absolute Gasteiger partial charge is 0.325 e. The van der Waals surface area contributed by atoms with E-state index < -0.39 is 0 Å². The molecule has 0 spiro atoms. The summed E-state index contributed by atoms with van der Waals surface area (Å²) in [6.45, 7) is 5.13. The molecule has 4 aromatic rings. The van der Waals surface area contributed by atoms with Crippen LogP contribution in [0, 0.1) is 13.8 Å². The molecule has 7 nitrogen and oxygen atoms in total.